The van der Waals surface area contributed by atoms with Gasteiger partial charge in [0.2, 0.25) is 0 Å². The standard InChI is InChI=1S/C20H26N2O5/c1-12-18(14(3)23)13(2)21-19(12)20(25)27-11-17(24)22(4)10-15-8-6-7-9-16(15)26-5/h6-9,14,21,23H,10-11H2,1-5H3/t14-/m1/s1. The fraction of sp³-hybridized carbons (Fsp3) is 0.400. The molecule has 27 heavy (non-hydrogen) atoms. The number of amides is 1. The van der Waals surface area contributed by atoms with Gasteiger partial charge in [-0.15, -0.1) is 0 Å². The number of ether oxygens (including phenoxy) is 2. The lowest BCUT2D eigenvalue weighted by Gasteiger charge is -2.18. The van der Waals surface area contributed by atoms with Crippen molar-refractivity contribution in [2.45, 2.75) is 33.4 Å². The van der Waals surface area contributed by atoms with E-state index in [0.717, 1.165) is 5.56 Å². The largest absolute Gasteiger partial charge is 0.496 e. The van der Waals surface area contributed by atoms with Gasteiger partial charge in [-0.25, -0.2) is 4.79 Å². The van der Waals surface area contributed by atoms with Crippen LogP contribution < -0.4 is 4.74 Å². The minimum Gasteiger partial charge on any atom is -0.496 e. The molecule has 2 aromatic rings. The van der Waals surface area contributed by atoms with Gasteiger partial charge in [0, 0.05) is 30.4 Å². The van der Waals surface area contributed by atoms with Gasteiger partial charge in [-0.3, -0.25) is 4.79 Å². The summed E-state index contributed by atoms with van der Waals surface area (Å²) in [6.45, 7) is 5.11. The van der Waals surface area contributed by atoms with Gasteiger partial charge in [0.25, 0.3) is 5.91 Å². The molecule has 0 unspecified atom stereocenters. The smallest absolute Gasteiger partial charge is 0.355 e. The molecule has 0 fully saturated rings. The van der Waals surface area contributed by atoms with Crippen molar-refractivity contribution in [2.24, 2.45) is 0 Å². The lowest BCUT2D eigenvalue weighted by molar-refractivity contribution is -0.133. The van der Waals surface area contributed by atoms with E-state index in [2.05, 4.69) is 4.98 Å². The molecular formula is C20H26N2O5. The Hall–Kier alpha value is -2.80. The fourth-order valence-corrected chi connectivity index (χ4v) is 3.08. The third kappa shape index (κ3) is 4.68. The molecule has 7 heteroatoms. The Labute approximate surface area is 158 Å². The van der Waals surface area contributed by atoms with Crippen molar-refractivity contribution in [2.75, 3.05) is 20.8 Å². The number of aromatic nitrogens is 1. The summed E-state index contributed by atoms with van der Waals surface area (Å²) in [6, 6.07) is 7.42. The molecule has 7 nitrogen and oxygen atoms in total. The van der Waals surface area contributed by atoms with Gasteiger partial charge >= 0.3 is 5.97 Å². The number of methoxy groups -OCH3 is 1. The Morgan fingerprint density at radius 3 is 2.52 bits per heavy atom. The number of para-hydroxylation sites is 1. The Bertz CT molecular complexity index is 826. The first-order valence-corrected chi connectivity index (χ1v) is 8.66. The molecule has 1 aromatic heterocycles. The summed E-state index contributed by atoms with van der Waals surface area (Å²) >= 11 is 0. The van der Waals surface area contributed by atoms with Crippen molar-refractivity contribution in [3.63, 3.8) is 0 Å². The van der Waals surface area contributed by atoms with E-state index in [1.165, 1.54) is 4.90 Å². The zero-order valence-corrected chi connectivity index (χ0v) is 16.3. The Kier molecular flexibility index (Phi) is 6.63. The van der Waals surface area contributed by atoms with Crippen molar-refractivity contribution < 1.29 is 24.2 Å². The van der Waals surface area contributed by atoms with Crippen molar-refractivity contribution in [3.8, 4) is 5.75 Å². The highest BCUT2D eigenvalue weighted by atomic mass is 16.5. The molecule has 1 atom stereocenters. The molecule has 0 saturated heterocycles. The Morgan fingerprint density at radius 1 is 1.26 bits per heavy atom. The molecule has 0 saturated carbocycles. The molecule has 1 amide bonds. The predicted octanol–water partition coefficient (Wildman–Crippen LogP) is 2.51. The highest BCUT2D eigenvalue weighted by Gasteiger charge is 2.22. The number of benzene rings is 1. The monoisotopic (exact) mass is 374 g/mol. The van der Waals surface area contributed by atoms with Crippen molar-refractivity contribution in [1.29, 1.82) is 0 Å². The first-order valence-electron chi connectivity index (χ1n) is 8.66. The van der Waals surface area contributed by atoms with Gasteiger partial charge in [-0.2, -0.15) is 0 Å². The van der Waals surface area contributed by atoms with Crippen molar-refractivity contribution >= 4 is 11.9 Å². The van der Waals surface area contributed by atoms with E-state index in [0.29, 0.717) is 29.1 Å². The number of nitrogens with zero attached hydrogens (tertiary/aromatic N) is 1. The van der Waals surface area contributed by atoms with Gasteiger partial charge in [-0.05, 0) is 32.4 Å². The SMILES string of the molecule is COc1ccccc1CN(C)C(=O)COC(=O)c1[nH]c(C)c([C@@H](C)O)c1C. The number of aliphatic hydroxyl groups is 1. The molecule has 1 aromatic carbocycles. The molecule has 0 aliphatic heterocycles. The number of aliphatic hydroxyl groups excluding tert-OH is 1. The second kappa shape index (κ2) is 8.73. The molecule has 0 aliphatic rings. The number of rotatable bonds is 7. The first-order chi connectivity index (χ1) is 12.8. The van der Waals surface area contributed by atoms with Crippen LogP contribution in [-0.4, -0.2) is 47.6 Å². The van der Waals surface area contributed by atoms with E-state index in [1.54, 1.807) is 34.9 Å². The van der Waals surface area contributed by atoms with Crippen LogP contribution in [0.15, 0.2) is 24.3 Å². The summed E-state index contributed by atoms with van der Waals surface area (Å²) in [7, 11) is 3.21. The van der Waals surface area contributed by atoms with Crippen LogP contribution in [0.1, 0.15) is 45.9 Å². The van der Waals surface area contributed by atoms with E-state index in [-0.39, 0.29) is 18.2 Å². The lowest BCUT2D eigenvalue weighted by atomic mass is 10.1. The number of aromatic amines is 1. The fourth-order valence-electron chi connectivity index (χ4n) is 3.08. The molecule has 0 spiro atoms. The molecule has 0 aliphatic carbocycles. The second-order valence-electron chi connectivity index (χ2n) is 6.48. The predicted molar refractivity (Wildman–Crippen MR) is 101 cm³/mol. The number of nitrogens with one attached hydrogen (secondary N) is 1. The zero-order chi connectivity index (χ0) is 20.1. The number of aryl methyl sites for hydroxylation is 1. The quantitative estimate of drug-likeness (QED) is 0.727. The molecule has 0 bridgehead atoms. The highest BCUT2D eigenvalue weighted by molar-refractivity contribution is 5.91. The van der Waals surface area contributed by atoms with Crippen LogP contribution >= 0.6 is 0 Å². The van der Waals surface area contributed by atoms with Gasteiger partial charge in [0.1, 0.15) is 11.4 Å². The number of carbonyl (C=O) groups is 2. The number of esters is 1. The average molecular weight is 374 g/mol. The van der Waals surface area contributed by atoms with E-state index in [4.69, 9.17) is 9.47 Å². The number of hydrogen-bond donors (Lipinski definition) is 2. The third-order valence-electron chi connectivity index (χ3n) is 4.47. The van der Waals surface area contributed by atoms with Crippen LogP contribution in [-0.2, 0) is 16.1 Å². The summed E-state index contributed by atoms with van der Waals surface area (Å²) in [5.74, 6) is -0.259. The van der Waals surface area contributed by atoms with Crippen molar-refractivity contribution in [1.82, 2.24) is 9.88 Å². The van der Waals surface area contributed by atoms with E-state index < -0.39 is 12.1 Å². The Morgan fingerprint density at radius 2 is 1.93 bits per heavy atom. The van der Waals surface area contributed by atoms with E-state index in [9.17, 15) is 14.7 Å². The van der Waals surface area contributed by atoms with Crippen LogP contribution in [0.5, 0.6) is 5.75 Å². The number of H-pyrrole nitrogens is 1. The third-order valence-corrected chi connectivity index (χ3v) is 4.47. The van der Waals surface area contributed by atoms with E-state index in [1.807, 2.05) is 24.3 Å². The minimum absolute atomic E-state index is 0.253. The zero-order valence-electron chi connectivity index (χ0n) is 16.3. The van der Waals surface area contributed by atoms with Gasteiger partial charge in [-0.1, -0.05) is 18.2 Å². The van der Waals surface area contributed by atoms with Crippen LogP contribution in [0.2, 0.25) is 0 Å². The number of hydrogen-bond acceptors (Lipinski definition) is 5. The maximum absolute atomic E-state index is 12.3. The van der Waals surface area contributed by atoms with Gasteiger partial charge in [0.15, 0.2) is 6.61 Å². The molecular weight excluding hydrogens is 348 g/mol. The summed E-state index contributed by atoms with van der Waals surface area (Å²) < 4.78 is 10.4. The van der Waals surface area contributed by atoms with Gasteiger partial charge < -0.3 is 24.5 Å². The summed E-state index contributed by atoms with van der Waals surface area (Å²) in [5.41, 5.74) is 3.11. The van der Waals surface area contributed by atoms with Gasteiger partial charge in [0.05, 0.1) is 13.2 Å². The van der Waals surface area contributed by atoms with Crippen LogP contribution in [0.4, 0.5) is 0 Å². The second-order valence-corrected chi connectivity index (χ2v) is 6.48. The van der Waals surface area contributed by atoms with Crippen molar-refractivity contribution in [3.05, 3.63) is 52.3 Å². The minimum atomic E-state index is -0.698. The summed E-state index contributed by atoms with van der Waals surface area (Å²) in [5, 5.41) is 9.81. The molecule has 146 valence electrons. The highest BCUT2D eigenvalue weighted by Crippen LogP contribution is 2.25. The molecule has 2 rings (SSSR count). The average Bonchev–Trinajstić information content (AvgIpc) is 2.94. The maximum Gasteiger partial charge on any atom is 0.355 e. The molecule has 0 radical (unpaired) electrons. The molecule has 1 heterocycles. The maximum atomic E-state index is 12.3. The summed E-state index contributed by atoms with van der Waals surface area (Å²) in [6.07, 6.45) is -0.698. The lowest BCUT2D eigenvalue weighted by Crippen LogP contribution is -2.31. The van der Waals surface area contributed by atoms with E-state index >= 15 is 0 Å². The number of carbonyl (C=O) groups excluding carboxylic acids is 2. The summed E-state index contributed by atoms with van der Waals surface area (Å²) in [4.78, 5) is 29.0. The molecule has 2 N–H and O–H groups in total. The van der Waals surface area contributed by atoms with Crippen LogP contribution in [0.3, 0.4) is 0 Å². The topological polar surface area (TPSA) is 91.9 Å². The normalized spacial score (nSPS) is 11.8. The van der Waals surface area contributed by atoms with Crippen LogP contribution in [0, 0.1) is 13.8 Å². The number of likely N-dealkylation sites (N-methyl/N-ethyl adjacent to an activating group) is 1. The van der Waals surface area contributed by atoms with Crippen LogP contribution in [0.25, 0.3) is 0 Å². The first kappa shape index (κ1) is 20.5. The Balaban J connectivity index is 1.99.